The molecule has 2 atom stereocenters. The smallest absolute Gasteiger partial charge is 0.341 e. The van der Waals surface area contributed by atoms with E-state index < -0.39 is 0 Å². The first-order valence-electron chi connectivity index (χ1n) is 8.99. The first-order chi connectivity index (χ1) is 12.2. The molecule has 1 aromatic rings. The zero-order valence-electron chi connectivity index (χ0n) is 14.7. The molecule has 7 heteroatoms. The first kappa shape index (κ1) is 18.0. The molecule has 0 aromatic heterocycles. The van der Waals surface area contributed by atoms with Gasteiger partial charge in [-0.3, -0.25) is 4.84 Å². The Kier molecular flexibility index (Phi) is 6.12. The van der Waals surface area contributed by atoms with Crippen molar-refractivity contribution < 1.29 is 19.5 Å². The second-order valence-electron chi connectivity index (χ2n) is 6.58. The van der Waals surface area contributed by atoms with E-state index in [9.17, 15) is 9.90 Å². The Morgan fingerprint density at radius 2 is 2.28 bits per heavy atom. The number of phenols is 1. The lowest BCUT2D eigenvalue weighted by Crippen LogP contribution is -2.49. The summed E-state index contributed by atoms with van der Waals surface area (Å²) in [7, 11) is 0. The Morgan fingerprint density at radius 3 is 3.08 bits per heavy atom. The normalized spacial score (nSPS) is 24.9. The minimum absolute atomic E-state index is 0.0422. The Labute approximate surface area is 148 Å². The van der Waals surface area contributed by atoms with E-state index in [1.54, 1.807) is 23.1 Å². The van der Waals surface area contributed by atoms with Gasteiger partial charge in [0.25, 0.3) is 0 Å². The number of nitrogens with zero attached hydrogens (tertiary/aromatic N) is 2. The molecule has 2 saturated heterocycles. The number of rotatable bonds is 4. The molecule has 0 spiro atoms. The molecule has 2 N–H and O–H groups in total. The van der Waals surface area contributed by atoms with E-state index in [0.29, 0.717) is 19.7 Å². The molecule has 7 nitrogen and oxygen atoms in total. The summed E-state index contributed by atoms with van der Waals surface area (Å²) >= 11 is 0. The van der Waals surface area contributed by atoms with Gasteiger partial charge in [-0.25, -0.2) is 10.3 Å². The lowest BCUT2D eigenvalue weighted by Gasteiger charge is -2.34. The zero-order chi connectivity index (χ0) is 17.6. The monoisotopic (exact) mass is 349 g/mol. The van der Waals surface area contributed by atoms with Crippen molar-refractivity contribution in [3.05, 3.63) is 29.8 Å². The lowest BCUT2D eigenvalue weighted by molar-refractivity contribution is -0.0588. The molecule has 138 valence electrons. The predicted octanol–water partition coefficient (Wildman–Crippen LogP) is 1.89. The van der Waals surface area contributed by atoms with Crippen molar-refractivity contribution in [2.75, 3.05) is 39.3 Å². The van der Waals surface area contributed by atoms with Gasteiger partial charge in [0.2, 0.25) is 0 Å². The number of nitrogens with one attached hydrogen (secondary N) is 1. The van der Waals surface area contributed by atoms with E-state index in [1.807, 2.05) is 6.07 Å². The van der Waals surface area contributed by atoms with Crippen molar-refractivity contribution in [3.63, 3.8) is 0 Å². The number of carbonyl (C=O) groups excluding carboxylic acids is 1. The Morgan fingerprint density at radius 1 is 1.40 bits per heavy atom. The topological polar surface area (TPSA) is 74.3 Å². The van der Waals surface area contributed by atoms with Gasteiger partial charge in [-0.2, -0.15) is 0 Å². The van der Waals surface area contributed by atoms with Crippen molar-refractivity contribution >= 4 is 6.03 Å². The van der Waals surface area contributed by atoms with Gasteiger partial charge in [0.1, 0.15) is 11.9 Å². The first-order valence-corrected chi connectivity index (χ1v) is 8.99. The zero-order valence-corrected chi connectivity index (χ0v) is 14.7. The van der Waals surface area contributed by atoms with Crippen molar-refractivity contribution in [2.24, 2.45) is 0 Å². The van der Waals surface area contributed by atoms with Crippen LogP contribution >= 0.6 is 0 Å². The van der Waals surface area contributed by atoms with E-state index in [4.69, 9.17) is 9.57 Å². The maximum absolute atomic E-state index is 12.4. The van der Waals surface area contributed by atoms with E-state index in [2.05, 4.69) is 17.3 Å². The number of morpholine rings is 1. The van der Waals surface area contributed by atoms with E-state index in [1.165, 1.54) is 0 Å². The number of likely N-dealkylation sites (tertiary alicyclic amines) is 1. The van der Waals surface area contributed by atoms with Crippen LogP contribution in [0.25, 0.3) is 0 Å². The summed E-state index contributed by atoms with van der Waals surface area (Å²) in [5.74, 6) is 0.198. The number of ether oxygens (including phenoxy) is 1. The quantitative estimate of drug-likeness (QED) is 0.812. The summed E-state index contributed by atoms with van der Waals surface area (Å²) in [6.45, 7) is 6.51. The van der Waals surface area contributed by atoms with Gasteiger partial charge in [-0.15, -0.1) is 0 Å². The Balaban J connectivity index is 1.50. The summed E-state index contributed by atoms with van der Waals surface area (Å²) in [5.41, 5.74) is 3.47. The molecule has 1 aromatic carbocycles. The third-order valence-corrected chi connectivity index (χ3v) is 4.82. The number of piperidine rings is 1. The van der Waals surface area contributed by atoms with Gasteiger partial charge in [-0.1, -0.05) is 19.1 Å². The number of amides is 2. The Bertz CT molecular complexity index is 583. The van der Waals surface area contributed by atoms with Crippen LogP contribution in [-0.2, 0) is 9.57 Å². The largest absolute Gasteiger partial charge is 0.508 e. The summed E-state index contributed by atoms with van der Waals surface area (Å²) in [6, 6.07) is 6.72. The summed E-state index contributed by atoms with van der Waals surface area (Å²) in [6.07, 6.45) is 1.86. The van der Waals surface area contributed by atoms with Crippen molar-refractivity contribution in [2.45, 2.75) is 32.0 Å². The number of aromatic hydroxyl groups is 1. The fourth-order valence-electron chi connectivity index (χ4n) is 3.36. The molecule has 0 aliphatic carbocycles. The summed E-state index contributed by atoms with van der Waals surface area (Å²) in [4.78, 5) is 22.1. The number of carbonyl (C=O) groups is 1. The SMILES string of the molecule is CCN1CCCC(ONC(=O)N2CCOC(c3cccc(O)c3)C2)C1. The highest BCUT2D eigenvalue weighted by Crippen LogP contribution is 2.25. The highest BCUT2D eigenvalue weighted by Gasteiger charge is 2.27. The van der Waals surface area contributed by atoms with Crippen molar-refractivity contribution in [3.8, 4) is 5.75 Å². The molecule has 2 aliphatic rings. The molecule has 2 unspecified atom stereocenters. The number of hydrogen-bond acceptors (Lipinski definition) is 5. The third kappa shape index (κ3) is 4.84. The number of hydroxylamine groups is 1. The van der Waals surface area contributed by atoms with Gasteiger partial charge >= 0.3 is 6.03 Å². The molecule has 0 radical (unpaired) electrons. The minimum Gasteiger partial charge on any atom is -0.508 e. The highest BCUT2D eigenvalue weighted by molar-refractivity contribution is 5.73. The number of phenolic OH excluding ortho intramolecular Hbond substituents is 1. The van der Waals surface area contributed by atoms with Gasteiger partial charge < -0.3 is 19.6 Å². The maximum atomic E-state index is 12.4. The van der Waals surface area contributed by atoms with Crippen LogP contribution < -0.4 is 5.48 Å². The van der Waals surface area contributed by atoms with Crippen LogP contribution in [0.4, 0.5) is 4.79 Å². The number of benzene rings is 1. The Hall–Kier alpha value is -1.83. The van der Waals surface area contributed by atoms with Gasteiger partial charge in [0.15, 0.2) is 0 Å². The van der Waals surface area contributed by atoms with Crippen LogP contribution in [0, 0.1) is 0 Å². The average Bonchev–Trinajstić information content (AvgIpc) is 2.66. The minimum atomic E-state index is -0.239. The van der Waals surface area contributed by atoms with Gasteiger partial charge in [0, 0.05) is 13.1 Å². The molecule has 3 rings (SSSR count). The van der Waals surface area contributed by atoms with E-state index >= 15 is 0 Å². The molecule has 2 amide bonds. The molecule has 25 heavy (non-hydrogen) atoms. The van der Waals surface area contributed by atoms with E-state index in [0.717, 1.165) is 38.0 Å². The molecule has 2 heterocycles. The fraction of sp³-hybridized carbons (Fsp3) is 0.611. The molecule has 0 saturated carbocycles. The summed E-state index contributed by atoms with van der Waals surface area (Å²) < 4.78 is 5.74. The summed E-state index contributed by atoms with van der Waals surface area (Å²) in [5, 5.41) is 9.62. The van der Waals surface area contributed by atoms with Crippen molar-refractivity contribution in [1.82, 2.24) is 15.3 Å². The maximum Gasteiger partial charge on any atom is 0.341 e. The molecular formula is C18H27N3O4. The number of likely N-dealkylation sites (N-methyl/N-ethyl adjacent to an activating group) is 1. The molecule has 2 fully saturated rings. The van der Waals surface area contributed by atoms with E-state index in [-0.39, 0.29) is 24.0 Å². The van der Waals surface area contributed by atoms with Gasteiger partial charge in [0.05, 0.1) is 19.3 Å². The van der Waals surface area contributed by atoms with Crippen LogP contribution in [0.1, 0.15) is 31.4 Å². The fourth-order valence-corrected chi connectivity index (χ4v) is 3.36. The highest BCUT2D eigenvalue weighted by atomic mass is 16.7. The van der Waals surface area contributed by atoms with Crippen LogP contribution in [0.3, 0.4) is 0 Å². The third-order valence-electron chi connectivity index (χ3n) is 4.82. The standard InChI is InChI=1S/C18H27N3O4/c1-2-20-8-4-7-16(12-20)25-19-18(23)21-9-10-24-17(13-21)14-5-3-6-15(22)11-14/h3,5-6,11,16-17,22H,2,4,7-10,12-13H2,1H3,(H,19,23). The van der Waals surface area contributed by atoms with Crippen LogP contribution in [0.15, 0.2) is 24.3 Å². The average molecular weight is 349 g/mol. The van der Waals surface area contributed by atoms with Crippen LogP contribution in [0.2, 0.25) is 0 Å². The number of hydrogen-bond donors (Lipinski definition) is 2. The molecular weight excluding hydrogens is 322 g/mol. The van der Waals surface area contributed by atoms with Crippen molar-refractivity contribution in [1.29, 1.82) is 0 Å². The van der Waals surface area contributed by atoms with Crippen LogP contribution in [-0.4, -0.2) is 66.4 Å². The molecule has 2 aliphatic heterocycles. The molecule has 0 bridgehead atoms. The lowest BCUT2D eigenvalue weighted by atomic mass is 10.1. The van der Waals surface area contributed by atoms with Crippen LogP contribution in [0.5, 0.6) is 5.75 Å². The second kappa shape index (κ2) is 8.51. The van der Waals surface area contributed by atoms with Gasteiger partial charge in [-0.05, 0) is 43.6 Å². The number of urea groups is 1. The predicted molar refractivity (Wildman–Crippen MR) is 93.1 cm³/mol. The second-order valence-corrected chi connectivity index (χ2v) is 6.58.